The molecular weight excluding hydrogens is 691 g/mol. The number of ether oxygens (including phenoxy) is 2. The van der Waals surface area contributed by atoms with Crippen LogP contribution in [0.5, 0.6) is 0 Å². The van der Waals surface area contributed by atoms with Gasteiger partial charge in [0.2, 0.25) is 0 Å². The number of hydrogen-bond acceptors (Lipinski definition) is 5. The van der Waals surface area contributed by atoms with Crippen LogP contribution < -0.4 is 5.73 Å². The van der Waals surface area contributed by atoms with E-state index in [0.29, 0.717) is 13.0 Å². The third-order valence-electron chi connectivity index (χ3n) is 12.2. The first-order valence-electron chi connectivity index (χ1n) is 25.6. The van der Waals surface area contributed by atoms with Gasteiger partial charge in [-0.15, -0.1) is 0 Å². The number of unbranched alkanes of at least 4 members (excludes halogenated alkanes) is 33. The lowest BCUT2D eigenvalue weighted by Gasteiger charge is -2.34. The second-order valence-electron chi connectivity index (χ2n) is 17.9. The summed E-state index contributed by atoms with van der Waals surface area (Å²) in [6.45, 7) is 9.52. The van der Waals surface area contributed by atoms with Crippen molar-refractivity contribution in [2.45, 2.75) is 309 Å². The van der Waals surface area contributed by atoms with Crippen LogP contribution in [0.25, 0.3) is 0 Å². The van der Waals surface area contributed by atoms with E-state index in [4.69, 9.17) is 15.2 Å². The van der Waals surface area contributed by atoms with Gasteiger partial charge in [0.15, 0.2) is 0 Å². The summed E-state index contributed by atoms with van der Waals surface area (Å²) in [5.41, 5.74) is 5.88. The van der Waals surface area contributed by atoms with Crippen molar-refractivity contribution in [3.63, 3.8) is 0 Å². The van der Waals surface area contributed by atoms with E-state index < -0.39 is 6.04 Å². The topological polar surface area (TPSA) is 78.6 Å². The number of esters is 2. The van der Waals surface area contributed by atoms with E-state index in [1.165, 1.54) is 205 Å². The standard InChI is InChI=1S/C51H101NO4/c1-5-9-13-17-21-23-24-25-26-27-28-29-31-33-37-41-47-55-50(54)48(52)42-43-49(53)56-51(44-38-34-19-15-11-7-3,45-39-35-20-16-12-8-4)46-40-36-32-30-22-18-14-10-6-2/h48H,5-47,52H2,1-4H3/t48-/m0/s1. The van der Waals surface area contributed by atoms with E-state index >= 15 is 0 Å². The number of hydrogen-bond donors (Lipinski definition) is 1. The van der Waals surface area contributed by atoms with Crippen LogP contribution in [-0.4, -0.2) is 30.2 Å². The molecule has 0 aromatic rings. The molecule has 5 nitrogen and oxygen atoms in total. The summed E-state index contributed by atoms with van der Waals surface area (Å²) in [5, 5.41) is 0. The minimum Gasteiger partial charge on any atom is -0.465 e. The molecule has 0 bridgehead atoms. The Labute approximate surface area is 351 Å². The zero-order chi connectivity index (χ0) is 41.1. The SMILES string of the molecule is CCCCCCCCCCCCCCCCCCOC(=O)[C@@H](N)CCC(=O)OC(CCCCCCCC)(CCCCCCCC)CCCCCCCCCCC. The van der Waals surface area contributed by atoms with Crippen molar-refractivity contribution in [2.24, 2.45) is 5.73 Å². The van der Waals surface area contributed by atoms with Gasteiger partial charge in [-0.2, -0.15) is 0 Å². The summed E-state index contributed by atoms with van der Waals surface area (Å²) in [4.78, 5) is 26.2. The average molecular weight is 792 g/mol. The molecule has 0 saturated heterocycles. The molecule has 0 radical (unpaired) electrons. The van der Waals surface area contributed by atoms with Crippen molar-refractivity contribution in [3.05, 3.63) is 0 Å². The fraction of sp³-hybridized carbons (Fsp3) is 0.961. The zero-order valence-electron chi connectivity index (χ0n) is 38.7. The fourth-order valence-electron chi connectivity index (χ4n) is 8.35. The first-order chi connectivity index (χ1) is 27.4. The molecule has 0 aliphatic carbocycles. The largest absolute Gasteiger partial charge is 0.465 e. The Balaban J connectivity index is 4.66. The molecular formula is C51H101NO4. The number of rotatable bonds is 46. The molecule has 0 heterocycles. The Hall–Kier alpha value is -1.10. The summed E-state index contributed by atoms with van der Waals surface area (Å²) in [6, 6.07) is -0.771. The van der Waals surface area contributed by atoms with Crippen LogP contribution in [0.1, 0.15) is 297 Å². The van der Waals surface area contributed by atoms with Gasteiger partial charge in [0, 0.05) is 6.42 Å². The summed E-state index contributed by atoms with van der Waals surface area (Å²) in [6.07, 6.45) is 51.1. The van der Waals surface area contributed by atoms with Crippen molar-refractivity contribution in [3.8, 4) is 0 Å². The second kappa shape index (κ2) is 43.5. The van der Waals surface area contributed by atoms with E-state index in [2.05, 4.69) is 27.7 Å². The number of carbonyl (C=O) groups is 2. The lowest BCUT2D eigenvalue weighted by molar-refractivity contribution is -0.163. The number of nitrogens with two attached hydrogens (primary N) is 1. The zero-order valence-corrected chi connectivity index (χ0v) is 38.7. The van der Waals surface area contributed by atoms with Crippen molar-refractivity contribution in [1.82, 2.24) is 0 Å². The Morgan fingerprint density at radius 2 is 0.679 bits per heavy atom. The van der Waals surface area contributed by atoms with E-state index in [0.717, 1.165) is 51.4 Å². The van der Waals surface area contributed by atoms with Crippen LogP contribution in [0.2, 0.25) is 0 Å². The molecule has 0 fully saturated rings. The maximum Gasteiger partial charge on any atom is 0.322 e. The Kier molecular flexibility index (Phi) is 42.6. The molecule has 0 rings (SSSR count). The average Bonchev–Trinajstić information content (AvgIpc) is 3.20. The van der Waals surface area contributed by atoms with Gasteiger partial charge in [-0.05, 0) is 51.4 Å². The molecule has 0 aromatic carbocycles. The molecule has 0 amide bonds. The molecule has 0 spiro atoms. The van der Waals surface area contributed by atoms with Crippen molar-refractivity contribution in [2.75, 3.05) is 6.61 Å². The minimum absolute atomic E-state index is 0.182. The third kappa shape index (κ3) is 37.2. The predicted octanol–water partition coefficient (Wildman–Crippen LogP) is 16.6. The van der Waals surface area contributed by atoms with Crippen LogP contribution in [0.3, 0.4) is 0 Å². The summed E-state index contributed by atoms with van der Waals surface area (Å²) in [7, 11) is 0. The highest BCUT2D eigenvalue weighted by Crippen LogP contribution is 2.34. The molecule has 334 valence electrons. The molecule has 0 saturated carbocycles. The van der Waals surface area contributed by atoms with Gasteiger partial charge in [0.25, 0.3) is 0 Å². The van der Waals surface area contributed by atoms with E-state index in [1.807, 2.05) is 0 Å². The monoisotopic (exact) mass is 792 g/mol. The highest BCUT2D eigenvalue weighted by atomic mass is 16.6. The molecule has 5 heteroatoms. The van der Waals surface area contributed by atoms with Gasteiger partial charge in [-0.3, -0.25) is 9.59 Å². The maximum absolute atomic E-state index is 13.5. The minimum atomic E-state index is -0.771. The molecule has 2 N–H and O–H groups in total. The van der Waals surface area contributed by atoms with Gasteiger partial charge in [-0.1, -0.05) is 240 Å². The highest BCUT2D eigenvalue weighted by Gasteiger charge is 2.33. The van der Waals surface area contributed by atoms with Gasteiger partial charge < -0.3 is 15.2 Å². The Morgan fingerprint density at radius 3 is 0.982 bits per heavy atom. The van der Waals surface area contributed by atoms with E-state index in [9.17, 15) is 9.59 Å². The first kappa shape index (κ1) is 54.9. The molecule has 0 aliphatic heterocycles. The highest BCUT2D eigenvalue weighted by molar-refractivity contribution is 5.77. The van der Waals surface area contributed by atoms with E-state index in [1.54, 1.807) is 0 Å². The van der Waals surface area contributed by atoms with Crippen LogP contribution in [0, 0.1) is 0 Å². The summed E-state index contributed by atoms with van der Waals surface area (Å²) >= 11 is 0. The van der Waals surface area contributed by atoms with Crippen LogP contribution in [0.15, 0.2) is 0 Å². The van der Waals surface area contributed by atoms with E-state index in [-0.39, 0.29) is 24.0 Å². The van der Waals surface area contributed by atoms with Crippen molar-refractivity contribution in [1.29, 1.82) is 0 Å². The smallest absolute Gasteiger partial charge is 0.322 e. The van der Waals surface area contributed by atoms with Crippen molar-refractivity contribution >= 4 is 11.9 Å². The quantitative estimate of drug-likeness (QED) is 0.0491. The first-order valence-corrected chi connectivity index (χ1v) is 25.6. The fourth-order valence-corrected chi connectivity index (χ4v) is 8.35. The molecule has 56 heavy (non-hydrogen) atoms. The third-order valence-corrected chi connectivity index (χ3v) is 12.2. The Bertz CT molecular complexity index is 800. The number of carbonyl (C=O) groups excluding carboxylic acids is 2. The van der Waals surface area contributed by atoms with Gasteiger partial charge >= 0.3 is 11.9 Å². The normalized spacial score (nSPS) is 12.3. The van der Waals surface area contributed by atoms with Gasteiger partial charge in [-0.25, -0.2) is 0 Å². The summed E-state index contributed by atoms with van der Waals surface area (Å²) in [5.74, 6) is -0.558. The van der Waals surface area contributed by atoms with Crippen LogP contribution >= 0.6 is 0 Å². The lowest BCUT2D eigenvalue weighted by atomic mass is 9.84. The molecule has 0 aliphatic rings. The lowest BCUT2D eigenvalue weighted by Crippen LogP contribution is -2.37. The van der Waals surface area contributed by atoms with Crippen LogP contribution in [-0.2, 0) is 19.1 Å². The van der Waals surface area contributed by atoms with Gasteiger partial charge in [0.05, 0.1) is 6.61 Å². The second-order valence-corrected chi connectivity index (χ2v) is 17.9. The predicted molar refractivity (Wildman–Crippen MR) is 244 cm³/mol. The van der Waals surface area contributed by atoms with Crippen molar-refractivity contribution < 1.29 is 19.1 Å². The Morgan fingerprint density at radius 1 is 0.411 bits per heavy atom. The summed E-state index contributed by atoms with van der Waals surface area (Å²) < 4.78 is 12.1. The maximum atomic E-state index is 13.5. The molecule has 0 aromatic heterocycles. The molecule has 0 unspecified atom stereocenters. The van der Waals surface area contributed by atoms with Gasteiger partial charge in [0.1, 0.15) is 11.6 Å². The molecule has 1 atom stereocenters. The van der Waals surface area contributed by atoms with Crippen LogP contribution in [0.4, 0.5) is 0 Å².